The van der Waals surface area contributed by atoms with E-state index < -0.39 is 24.9 Å². The van der Waals surface area contributed by atoms with E-state index in [1.54, 1.807) is 0 Å². The van der Waals surface area contributed by atoms with Crippen molar-refractivity contribution in [2.45, 2.75) is 0 Å². The summed E-state index contributed by atoms with van der Waals surface area (Å²) in [5.41, 5.74) is 0. The SMILES string of the molecule is COCCNS(=O)(=O)CS(C)(=O)=O. The molecule has 0 rings (SSSR count). The van der Waals surface area contributed by atoms with Crippen LogP contribution in [0.15, 0.2) is 0 Å². The van der Waals surface area contributed by atoms with Crippen molar-refractivity contribution in [3.63, 3.8) is 0 Å². The molecule has 0 saturated heterocycles. The van der Waals surface area contributed by atoms with Crippen molar-refractivity contribution in [3.05, 3.63) is 0 Å². The molecule has 0 atom stereocenters. The zero-order valence-electron chi connectivity index (χ0n) is 7.48. The zero-order valence-corrected chi connectivity index (χ0v) is 9.11. The third-order valence-electron chi connectivity index (χ3n) is 0.997. The lowest BCUT2D eigenvalue weighted by Crippen LogP contribution is -2.32. The second-order valence-corrected chi connectivity index (χ2v) is 6.86. The van der Waals surface area contributed by atoms with Gasteiger partial charge in [0.25, 0.3) is 0 Å². The van der Waals surface area contributed by atoms with Crippen LogP contribution in [0.5, 0.6) is 0 Å². The van der Waals surface area contributed by atoms with E-state index in [4.69, 9.17) is 0 Å². The van der Waals surface area contributed by atoms with Crippen LogP contribution >= 0.6 is 0 Å². The molecule has 0 heterocycles. The second kappa shape index (κ2) is 4.89. The maximum atomic E-state index is 11.0. The Morgan fingerprint density at radius 3 is 2.15 bits per heavy atom. The third-order valence-corrected chi connectivity index (χ3v) is 4.60. The van der Waals surface area contributed by atoms with Crippen molar-refractivity contribution in [2.24, 2.45) is 0 Å². The minimum absolute atomic E-state index is 0.0777. The molecule has 0 aliphatic carbocycles. The lowest BCUT2D eigenvalue weighted by atomic mass is 10.7. The summed E-state index contributed by atoms with van der Waals surface area (Å²) >= 11 is 0. The summed E-state index contributed by atoms with van der Waals surface area (Å²) in [7, 11) is -5.82. The minimum atomic E-state index is -3.73. The Kier molecular flexibility index (Phi) is 4.82. The zero-order chi connectivity index (χ0) is 10.5. The van der Waals surface area contributed by atoms with Crippen LogP contribution in [0.1, 0.15) is 0 Å². The van der Waals surface area contributed by atoms with E-state index in [0.717, 1.165) is 6.26 Å². The molecule has 0 aromatic heterocycles. The van der Waals surface area contributed by atoms with E-state index in [-0.39, 0.29) is 13.2 Å². The van der Waals surface area contributed by atoms with Gasteiger partial charge in [-0.3, -0.25) is 0 Å². The summed E-state index contributed by atoms with van der Waals surface area (Å²) in [5.74, 6) is 0. The van der Waals surface area contributed by atoms with Gasteiger partial charge in [0.2, 0.25) is 10.0 Å². The number of methoxy groups -OCH3 is 1. The van der Waals surface area contributed by atoms with E-state index >= 15 is 0 Å². The van der Waals surface area contributed by atoms with Crippen molar-refractivity contribution in [3.8, 4) is 0 Å². The van der Waals surface area contributed by atoms with Crippen LogP contribution in [-0.4, -0.2) is 48.4 Å². The fourth-order valence-corrected chi connectivity index (χ4v) is 3.61. The van der Waals surface area contributed by atoms with Gasteiger partial charge in [0.1, 0.15) is 0 Å². The van der Waals surface area contributed by atoms with Crippen molar-refractivity contribution in [1.82, 2.24) is 4.72 Å². The first kappa shape index (κ1) is 12.8. The number of sulfone groups is 1. The van der Waals surface area contributed by atoms with Gasteiger partial charge in [-0.15, -0.1) is 0 Å². The molecule has 0 unspecified atom stereocenters. The van der Waals surface area contributed by atoms with Gasteiger partial charge in [0.15, 0.2) is 14.9 Å². The van der Waals surface area contributed by atoms with Gasteiger partial charge in [-0.05, 0) is 0 Å². The van der Waals surface area contributed by atoms with Gasteiger partial charge in [0.05, 0.1) is 6.61 Å². The van der Waals surface area contributed by atoms with Gasteiger partial charge in [-0.25, -0.2) is 21.6 Å². The summed E-state index contributed by atoms with van der Waals surface area (Å²) in [6, 6.07) is 0. The maximum absolute atomic E-state index is 11.0. The molecule has 0 bridgehead atoms. The number of rotatable bonds is 6. The first-order valence-electron chi connectivity index (χ1n) is 3.41. The number of ether oxygens (including phenoxy) is 1. The van der Waals surface area contributed by atoms with Gasteiger partial charge < -0.3 is 4.74 Å². The Hall–Kier alpha value is -0.180. The van der Waals surface area contributed by atoms with Gasteiger partial charge in [-0.2, -0.15) is 0 Å². The van der Waals surface area contributed by atoms with Gasteiger partial charge in [-0.1, -0.05) is 0 Å². The normalized spacial score (nSPS) is 13.1. The average molecular weight is 231 g/mol. The van der Waals surface area contributed by atoms with Crippen molar-refractivity contribution >= 4 is 19.9 Å². The quantitative estimate of drug-likeness (QED) is 0.565. The molecule has 13 heavy (non-hydrogen) atoms. The molecule has 1 N–H and O–H groups in total. The van der Waals surface area contributed by atoms with E-state index in [2.05, 4.69) is 9.46 Å². The summed E-state index contributed by atoms with van der Waals surface area (Å²) < 4.78 is 49.9. The molecule has 6 nitrogen and oxygen atoms in total. The molecular weight excluding hydrogens is 218 g/mol. The fraction of sp³-hybridized carbons (Fsp3) is 1.00. The van der Waals surface area contributed by atoms with Crippen LogP contribution in [0.3, 0.4) is 0 Å². The molecule has 0 amide bonds. The highest BCUT2D eigenvalue weighted by Gasteiger charge is 2.16. The molecule has 0 aliphatic heterocycles. The first-order chi connectivity index (χ1) is 5.77. The Bertz CT molecular complexity index is 330. The van der Waals surface area contributed by atoms with Crippen LogP contribution in [0.25, 0.3) is 0 Å². The summed E-state index contributed by atoms with van der Waals surface area (Å²) in [4.78, 5) is 0. The molecule has 80 valence electrons. The predicted octanol–water partition coefficient (Wildman–Crippen LogP) is -1.45. The van der Waals surface area contributed by atoms with E-state index in [0.29, 0.717) is 0 Å². The van der Waals surface area contributed by atoms with Gasteiger partial charge >= 0.3 is 0 Å². The number of nitrogens with one attached hydrogen (secondary N) is 1. The molecular formula is C5H13NO5S2. The fourth-order valence-electron chi connectivity index (χ4n) is 0.623. The van der Waals surface area contributed by atoms with Crippen LogP contribution in [0.2, 0.25) is 0 Å². The molecule has 0 saturated carbocycles. The molecule has 0 aliphatic rings. The third kappa shape index (κ3) is 8.16. The highest BCUT2D eigenvalue weighted by atomic mass is 32.3. The largest absolute Gasteiger partial charge is 0.383 e. The maximum Gasteiger partial charge on any atom is 0.226 e. The van der Waals surface area contributed by atoms with Crippen LogP contribution in [-0.2, 0) is 24.6 Å². The summed E-state index contributed by atoms with van der Waals surface area (Å²) in [6.07, 6.45) is 0.864. The van der Waals surface area contributed by atoms with Crippen molar-refractivity contribution in [1.29, 1.82) is 0 Å². The first-order valence-corrected chi connectivity index (χ1v) is 7.12. The topological polar surface area (TPSA) is 89.5 Å². The molecule has 0 radical (unpaired) electrons. The van der Waals surface area contributed by atoms with E-state index in [1.165, 1.54) is 7.11 Å². The monoisotopic (exact) mass is 231 g/mol. The van der Waals surface area contributed by atoms with Crippen molar-refractivity contribution in [2.75, 3.05) is 31.6 Å². The smallest absolute Gasteiger partial charge is 0.226 e. The Labute approximate surface area is 78.2 Å². The average Bonchev–Trinajstić information content (AvgIpc) is 1.81. The molecule has 0 spiro atoms. The summed E-state index contributed by atoms with van der Waals surface area (Å²) in [6.45, 7) is 0.289. The molecule has 0 aromatic carbocycles. The van der Waals surface area contributed by atoms with Crippen LogP contribution in [0, 0.1) is 0 Å². The highest BCUT2D eigenvalue weighted by molar-refractivity contribution is 8.06. The van der Waals surface area contributed by atoms with Crippen molar-refractivity contribution < 1.29 is 21.6 Å². The van der Waals surface area contributed by atoms with E-state index in [1.807, 2.05) is 0 Å². The molecule has 0 fully saturated rings. The van der Waals surface area contributed by atoms with Crippen LogP contribution in [0.4, 0.5) is 0 Å². The highest BCUT2D eigenvalue weighted by Crippen LogP contribution is 1.91. The molecule has 8 heteroatoms. The standard InChI is InChI=1S/C5H13NO5S2/c1-11-4-3-6-13(9,10)5-12(2,7)8/h6H,3-5H2,1-2H3. The van der Waals surface area contributed by atoms with E-state index in [9.17, 15) is 16.8 Å². The molecule has 0 aromatic rings. The Morgan fingerprint density at radius 1 is 1.23 bits per heavy atom. The van der Waals surface area contributed by atoms with Gasteiger partial charge in [0, 0.05) is 19.9 Å². The lowest BCUT2D eigenvalue weighted by Gasteiger charge is -2.03. The number of sulfonamides is 1. The Balaban J connectivity index is 4.12. The minimum Gasteiger partial charge on any atom is -0.383 e. The Morgan fingerprint density at radius 2 is 1.77 bits per heavy atom. The number of hydrogen-bond donors (Lipinski definition) is 1. The van der Waals surface area contributed by atoms with Crippen LogP contribution < -0.4 is 4.72 Å². The second-order valence-electron chi connectivity index (χ2n) is 2.55. The number of hydrogen-bond acceptors (Lipinski definition) is 5. The summed E-state index contributed by atoms with van der Waals surface area (Å²) in [5, 5.41) is -0.885. The predicted molar refractivity (Wildman–Crippen MR) is 48.5 cm³/mol. The lowest BCUT2D eigenvalue weighted by molar-refractivity contribution is 0.204.